The highest BCUT2D eigenvalue weighted by molar-refractivity contribution is 5.74. The zero-order valence-corrected chi connectivity index (χ0v) is 6.04. The van der Waals surface area contributed by atoms with Crippen LogP contribution < -0.4 is 0 Å². The van der Waals surface area contributed by atoms with Gasteiger partial charge in [-0.3, -0.25) is 4.99 Å². The van der Waals surface area contributed by atoms with Gasteiger partial charge in [0.2, 0.25) is 0 Å². The number of dihydropyridines is 1. The number of aliphatic imine (C=N–C) groups is 1. The lowest BCUT2D eigenvalue weighted by Crippen LogP contribution is -2.09. The van der Waals surface area contributed by atoms with Gasteiger partial charge in [-0.15, -0.1) is 0 Å². The molecule has 0 aromatic carbocycles. The third kappa shape index (κ3) is 1.24. The monoisotopic (exact) mass is 134 g/mol. The fourth-order valence-corrected chi connectivity index (χ4v) is 1.03. The summed E-state index contributed by atoms with van der Waals surface area (Å²) in [4.78, 5) is 4.08. The summed E-state index contributed by atoms with van der Waals surface area (Å²) in [5.74, 6) is 0.370. The van der Waals surface area contributed by atoms with Crippen LogP contribution in [0.15, 0.2) is 16.6 Å². The molecule has 1 atom stereocenters. The average molecular weight is 134 g/mol. The molecule has 1 unspecified atom stereocenters. The molecule has 0 spiro atoms. The molecule has 0 amide bonds. The second-order valence-corrected chi connectivity index (χ2v) is 2.35. The van der Waals surface area contributed by atoms with Crippen molar-refractivity contribution in [2.45, 2.75) is 13.3 Å². The van der Waals surface area contributed by atoms with Crippen LogP contribution in [-0.4, -0.2) is 12.8 Å². The van der Waals surface area contributed by atoms with Crippen LogP contribution in [0.5, 0.6) is 0 Å². The largest absolute Gasteiger partial charge is 0.292 e. The normalized spacial score (nSPS) is 23.6. The van der Waals surface area contributed by atoms with Gasteiger partial charge in [-0.25, -0.2) is 0 Å². The van der Waals surface area contributed by atoms with E-state index < -0.39 is 0 Å². The maximum Gasteiger partial charge on any atom is 0.0951 e. The van der Waals surface area contributed by atoms with Crippen LogP contribution >= 0.6 is 0 Å². The first kappa shape index (κ1) is 7.01. The molecule has 0 saturated carbocycles. The summed E-state index contributed by atoms with van der Waals surface area (Å²) in [6.45, 7) is 2.87. The number of nitrogens with zero attached hydrogens (tertiary/aromatic N) is 2. The van der Waals surface area contributed by atoms with E-state index in [9.17, 15) is 0 Å². The molecular weight excluding hydrogens is 124 g/mol. The fourth-order valence-electron chi connectivity index (χ4n) is 1.03. The van der Waals surface area contributed by atoms with E-state index in [-0.39, 0.29) is 0 Å². The minimum Gasteiger partial charge on any atom is -0.292 e. The lowest BCUT2D eigenvalue weighted by molar-refractivity contribution is 0.616. The Balaban J connectivity index is 2.73. The van der Waals surface area contributed by atoms with Crippen LogP contribution in [-0.2, 0) is 0 Å². The summed E-state index contributed by atoms with van der Waals surface area (Å²) < 4.78 is 0. The van der Waals surface area contributed by atoms with Gasteiger partial charge < -0.3 is 0 Å². The van der Waals surface area contributed by atoms with Crippen molar-refractivity contribution in [3.63, 3.8) is 0 Å². The Morgan fingerprint density at radius 3 is 3.20 bits per heavy atom. The molecule has 0 aromatic rings. The standard InChI is InChI=1S/C8H10N2/c1-2-7-6-10-4-3-8(7)5-9/h3-4,7H,2,6H2,1H3. The highest BCUT2D eigenvalue weighted by Crippen LogP contribution is 2.16. The summed E-state index contributed by atoms with van der Waals surface area (Å²) in [6.07, 6.45) is 4.53. The zero-order chi connectivity index (χ0) is 7.40. The minimum atomic E-state index is 0.370. The fraction of sp³-hybridized carbons (Fsp3) is 0.500. The number of hydrogen-bond donors (Lipinski definition) is 0. The quantitative estimate of drug-likeness (QED) is 0.536. The summed E-state index contributed by atoms with van der Waals surface area (Å²) in [7, 11) is 0. The highest BCUT2D eigenvalue weighted by atomic mass is 14.7. The molecule has 0 saturated heterocycles. The van der Waals surface area contributed by atoms with E-state index in [1.54, 1.807) is 12.3 Å². The van der Waals surface area contributed by atoms with Crippen LogP contribution in [0.4, 0.5) is 0 Å². The van der Waals surface area contributed by atoms with Crippen LogP contribution in [0.25, 0.3) is 0 Å². The maximum atomic E-state index is 8.61. The first-order chi connectivity index (χ1) is 4.88. The minimum absolute atomic E-state index is 0.370. The number of allylic oxidation sites excluding steroid dienone is 1. The molecule has 1 aliphatic rings. The molecule has 0 bridgehead atoms. The van der Waals surface area contributed by atoms with Gasteiger partial charge in [0.15, 0.2) is 0 Å². The number of hydrogen-bond acceptors (Lipinski definition) is 2. The Morgan fingerprint density at radius 2 is 2.70 bits per heavy atom. The van der Waals surface area contributed by atoms with Crippen molar-refractivity contribution in [1.29, 1.82) is 5.26 Å². The summed E-state index contributed by atoms with van der Waals surface area (Å²) in [5, 5.41) is 8.61. The van der Waals surface area contributed by atoms with E-state index in [1.807, 2.05) is 0 Å². The topological polar surface area (TPSA) is 36.1 Å². The Kier molecular flexibility index (Phi) is 2.22. The van der Waals surface area contributed by atoms with Crippen LogP contribution in [0.1, 0.15) is 13.3 Å². The first-order valence-electron chi connectivity index (χ1n) is 3.48. The van der Waals surface area contributed by atoms with Crippen molar-refractivity contribution in [2.24, 2.45) is 10.9 Å². The van der Waals surface area contributed by atoms with Gasteiger partial charge in [0.1, 0.15) is 0 Å². The Morgan fingerprint density at radius 1 is 1.90 bits per heavy atom. The van der Waals surface area contributed by atoms with Crippen LogP contribution in [0, 0.1) is 17.2 Å². The Bertz CT molecular complexity index is 208. The molecule has 0 N–H and O–H groups in total. The lowest BCUT2D eigenvalue weighted by Gasteiger charge is -2.12. The molecule has 52 valence electrons. The van der Waals surface area contributed by atoms with E-state index in [2.05, 4.69) is 18.0 Å². The number of nitriles is 1. The van der Waals surface area contributed by atoms with Crippen molar-refractivity contribution in [2.75, 3.05) is 6.54 Å². The molecule has 0 aromatic heterocycles. The van der Waals surface area contributed by atoms with Gasteiger partial charge in [0, 0.05) is 24.3 Å². The van der Waals surface area contributed by atoms with Crippen molar-refractivity contribution < 1.29 is 0 Å². The Hall–Kier alpha value is -1.10. The van der Waals surface area contributed by atoms with Gasteiger partial charge in [-0.2, -0.15) is 5.26 Å². The molecule has 1 aliphatic heterocycles. The molecule has 2 nitrogen and oxygen atoms in total. The van der Waals surface area contributed by atoms with E-state index in [1.165, 1.54) is 0 Å². The predicted molar refractivity (Wildman–Crippen MR) is 40.8 cm³/mol. The average Bonchev–Trinajstić information content (AvgIpc) is 2.04. The van der Waals surface area contributed by atoms with Crippen LogP contribution in [0.3, 0.4) is 0 Å². The highest BCUT2D eigenvalue weighted by Gasteiger charge is 2.12. The SMILES string of the molecule is CCC1CN=CC=C1C#N. The zero-order valence-electron chi connectivity index (χ0n) is 6.04. The first-order valence-corrected chi connectivity index (χ1v) is 3.48. The molecule has 0 aliphatic carbocycles. The van der Waals surface area contributed by atoms with E-state index in [0.717, 1.165) is 18.5 Å². The van der Waals surface area contributed by atoms with Crippen molar-refractivity contribution in [3.05, 3.63) is 11.6 Å². The summed E-state index contributed by atoms with van der Waals surface area (Å²) in [5.41, 5.74) is 0.873. The third-order valence-corrected chi connectivity index (χ3v) is 1.75. The van der Waals surface area contributed by atoms with E-state index in [4.69, 9.17) is 5.26 Å². The molecule has 0 fully saturated rings. The summed E-state index contributed by atoms with van der Waals surface area (Å²) >= 11 is 0. The molecule has 1 rings (SSSR count). The molecule has 2 heteroatoms. The Labute approximate surface area is 60.9 Å². The van der Waals surface area contributed by atoms with Gasteiger partial charge in [-0.05, 0) is 12.5 Å². The molecule has 1 heterocycles. The predicted octanol–water partition coefficient (Wildman–Crippen LogP) is 1.55. The van der Waals surface area contributed by atoms with Crippen molar-refractivity contribution >= 4 is 6.21 Å². The van der Waals surface area contributed by atoms with Gasteiger partial charge >= 0.3 is 0 Å². The smallest absolute Gasteiger partial charge is 0.0951 e. The van der Waals surface area contributed by atoms with Crippen molar-refractivity contribution in [1.82, 2.24) is 0 Å². The molecule has 0 radical (unpaired) electrons. The van der Waals surface area contributed by atoms with Gasteiger partial charge in [0.25, 0.3) is 0 Å². The second kappa shape index (κ2) is 3.17. The van der Waals surface area contributed by atoms with E-state index >= 15 is 0 Å². The summed E-state index contributed by atoms with van der Waals surface area (Å²) in [6, 6.07) is 2.17. The van der Waals surface area contributed by atoms with E-state index in [0.29, 0.717) is 5.92 Å². The van der Waals surface area contributed by atoms with Crippen LogP contribution in [0.2, 0.25) is 0 Å². The van der Waals surface area contributed by atoms with Gasteiger partial charge in [-0.1, -0.05) is 6.92 Å². The molecule has 10 heavy (non-hydrogen) atoms. The maximum absolute atomic E-state index is 8.61. The lowest BCUT2D eigenvalue weighted by atomic mass is 9.96. The van der Waals surface area contributed by atoms with Crippen molar-refractivity contribution in [3.8, 4) is 6.07 Å². The molecular formula is C8H10N2. The van der Waals surface area contributed by atoms with Gasteiger partial charge in [0.05, 0.1) is 6.07 Å². The second-order valence-electron chi connectivity index (χ2n) is 2.35. The third-order valence-electron chi connectivity index (χ3n) is 1.75. The number of rotatable bonds is 1.